The first-order valence-corrected chi connectivity index (χ1v) is 6.63. The van der Waals surface area contributed by atoms with Crippen molar-refractivity contribution in [3.63, 3.8) is 0 Å². The Hall–Kier alpha value is -3.82. The van der Waals surface area contributed by atoms with Gasteiger partial charge in [-0.15, -0.1) is 0 Å². The summed E-state index contributed by atoms with van der Waals surface area (Å²) in [7, 11) is 1.29. The number of rotatable bonds is 5. The second-order valence-corrected chi connectivity index (χ2v) is 4.82. The average molecular weight is 348 g/mol. The summed E-state index contributed by atoms with van der Waals surface area (Å²) in [4.78, 5) is 48.5. The van der Waals surface area contributed by atoms with E-state index in [-0.39, 0.29) is 11.3 Å². The van der Waals surface area contributed by atoms with Gasteiger partial charge in [-0.1, -0.05) is 0 Å². The van der Waals surface area contributed by atoms with Crippen LogP contribution in [0.2, 0.25) is 0 Å². The molecule has 0 aliphatic heterocycles. The quantitative estimate of drug-likeness (QED) is 0.520. The second kappa shape index (κ2) is 6.35. The molecule has 0 unspecified atom stereocenters. The minimum absolute atomic E-state index is 0.146. The number of H-pyrrole nitrogens is 1. The van der Waals surface area contributed by atoms with Crippen molar-refractivity contribution >= 4 is 23.7 Å². The Morgan fingerprint density at radius 1 is 1.04 bits per heavy atom. The first-order valence-electron chi connectivity index (χ1n) is 6.63. The zero-order valence-electron chi connectivity index (χ0n) is 12.7. The number of aromatic amines is 1. The number of pyridine rings is 1. The predicted octanol–water partition coefficient (Wildman–Crippen LogP) is 0.727. The van der Waals surface area contributed by atoms with E-state index in [2.05, 4.69) is 0 Å². The van der Waals surface area contributed by atoms with E-state index in [4.69, 9.17) is 10.5 Å². The number of hydrogen-bond donors (Lipinski definition) is 5. The van der Waals surface area contributed by atoms with Crippen LogP contribution in [0.4, 0.5) is 5.82 Å². The van der Waals surface area contributed by atoms with E-state index in [0.717, 1.165) is 12.1 Å². The normalized spacial score (nSPS) is 10.3. The Morgan fingerprint density at radius 2 is 1.64 bits per heavy atom. The number of carboxylic acid groups (broad SMARTS) is 3. The fourth-order valence-corrected chi connectivity index (χ4v) is 2.36. The highest BCUT2D eigenvalue weighted by Crippen LogP contribution is 2.33. The number of ether oxygens (including phenoxy) is 1. The van der Waals surface area contributed by atoms with E-state index < -0.39 is 51.5 Å². The molecule has 2 aromatic rings. The summed E-state index contributed by atoms with van der Waals surface area (Å²) in [6.45, 7) is 0. The van der Waals surface area contributed by atoms with Crippen molar-refractivity contribution < 1.29 is 34.4 Å². The van der Waals surface area contributed by atoms with Crippen molar-refractivity contribution in [3.8, 4) is 16.9 Å². The fourth-order valence-electron chi connectivity index (χ4n) is 2.36. The number of carboxylic acids is 3. The second-order valence-electron chi connectivity index (χ2n) is 4.82. The molecule has 1 heterocycles. The number of aromatic nitrogens is 1. The molecule has 0 atom stereocenters. The van der Waals surface area contributed by atoms with Gasteiger partial charge in [-0.05, 0) is 23.8 Å². The molecule has 0 amide bonds. The number of carbonyl (C=O) groups is 3. The molecule has 0 aliphatic carbocycles. The number of nitrogens with two attached hydrogens (primary N) is 1. The first kappa shape index (κ1) is 17.5. The lowest BCUT2D eigenvalue weighted by atomic mass is 9.91. The van der Waals surface area contributed by atoms with Crippen molar-refractivity contribution in [1.29, 1.82) is 0 Å². The van der Waals surface area contributed by atoms with Gasteiger partial charge in [-0.2, -0.15) is 0 Å². The molecule has 10 heteroatoms. The molecular formula is C15H12N2O8. The van der Waals surface area contributed by atoms with Crippen LogP contribution < -0.4 is 16.0 Å². The lowest BCUT2D eigenvalue weighted by Gasteiger charge is -2.14. The van der Waals surface area contributed by atoms with Gasteiger partial charge in [-0.25, -0.2) is 14.4 Å². The zero-order valence-corrected chi connectivity index (χ0v) is 12.7. The van der Waals surface area contributed by atoms with Crippen LogP contribution in [0, 0.1) is 0 Å². The number of hydrogen-bond acceptors (Lipinski definition) is 6. The fraction of sp³-hybridized carbons (Fsp3) is 0.0667. The summed E-state index contributed by atoms with van der Waals surface area (Å²) in [6, 6.07) is 3.53. The van der Waals surface area contributed by atoms with E-state index in [1.54, 1.807) is 0 Å². The standard InChI is InChI=1S/C15H12N2O8/c1-25-5-2-3-6(7(4-5)13(19)20)8-9(14(21)22)11(16)17-12(18)10(8)15(23)24/h2-4H,1H3,(H,19,20)(H,21,22)(H,23,24)(H3,16,17,18). The summed E-state index contributed by atoms with van der Waals surface area (Å²) in [5, 5.41) is 28.1. The molecule has 6 N–H and O–H groups in total. The van der Waals surface area contributed by atoms with Gasteiger partial charge in [0.05, 0.1) is 12.7 Å². The van der Waals surface area contributed by atoms with Gasteiger partial charge >= 0.3 is 17.9 Å². The number of nitrogen functional groups attached to an aromatic ring is 1. The van der Waals surface area contributed by atoms with Crippen LogP contribution >= 0.6 is 0 Å². The predicted molar refractivity (Wildman–Crippen MR) is 84.3 cm³/mol. The highest BCUT2D eigenvalue weighted by molar-refractivity contribution is 6.10. The molecule has 0 aliphatic rings. The van der Waals surface area contributed by atoms with Crippen LogP contribution in [0.3, 0.4) is 0 Å². The monoisotopic (exact) mass is 348 g/mol. The zero-order chi connectivity index (χ0) is 18.9. The summed E-state index contributed by atoms with van der Waals surface area (Å²) in [5.74, 6) is -5.28. The summed E-state index contributed by atoms with van der Waals surface area (Å²) in [5.41, 5.74) is 1.37. The van der Waals surface area contributed by atoms with Gasteiger partial charge < -0.3 is 30.8 Å². The lowest BCUT2D eigenvalue weighted by Crippen LogP contribution is -2.24. The maximum Gasteiger partial charge on any atom is 0.342 e. The van der Waals surface area contributed by atoms with E-state index >= 15 is 0 Å². The molecule has 0 spiro atoms. The molecule has 25 heavy (non-hydrogen) atoms. The molecule has 0 bridgehead atoms. The Bertz CT molecular complexity index is 961. The number of benzene rings is 1. The van der Waals surface area contributed by atoms with Crippen LogP contribution in [-0.4, -0.2) is 45.3 Å². The Morgan fingerprint density at radius 3 is 2.12 bits per heavy atom. The summed E-state index contributed by atoms with van der Waals surface area (Å²) >= 11 is 0. The lowest BCUT2D eigenvalue weighted by molar-refractivity contribution is 0.0679. The van der Waals surface area contributed by atoms with Gasteiger partial charge in [0.2, 0.25) is 0 Å². The molecule has 0 fully saturated rings. The van der Waals surface area contributed by atoms with E-state index in [1.165, 1.54) is 13.2 Å². The van der Waals surface area contributed by atoms with Crippen molar-refractivity contribution in [2.75, 3.05) is 12.8 Å². The molecule has 0 saturated carbocycles. The number of methoxy groups -OCH3 is 1. The topological polar surface area (TPSA) is 180 Å². The maximum atomic E-state index is 12.0. The average Bonchev–Trinajstić information content (AvgIpc) is 2.52. The van der Waals surface area contributed by atoms with E-state index in [9.17, 15) is 34.5 Å². The first-order chi connectivity index (χ1) is 11.7. The molecule has 130 valence electrons. The van der Waals surface area contributed by atoms with Crippen molar-refractivity contribution in [2.24, 2.45) is 0 Å². The van der Waals surface area contributed by atoms with Crippen LogP contribution in [0.1, 0.15) is 31.1 Å². The molecule has 0 radical (unpaired) electrons. The smallest absolute Gasteiger partial charge is 0.342 e. The third-order valence-electron chi connectivity index (χ3n) is 3.40. The Labute approximate surface area is 139 Å². The highest BCUT2D eigenvalue weighted by Gasteiger charge is 2.29. The third-order valence-corrected chi connectivity index (χ3v) is 3.40. The summed E-state index contributed by atoms with van der Waals surface area (Å²) in [6.07, 6.45) is 0. The number of nitrogens with one attached hydrogen (secondary N) is 1. The highest BCUT2D eigenvalue weighted by atomic mass is 16.5. The van der Waals surface area contributed by atoms with Crippen LogP contribution in [0.5, 0.6) is 5.75 Å². The van der Waals surface area contributed by atoms with Gasteiger partial charge in [-0.3, -0.25) is 4.79 Å². The van der Waals surface area contributed by atoms with Gasteiger partial charge in [0.1, 0.15) is 22.7 Å². The Balaban J connectivity index is 3.06. The molecule has 0 saturated heterocycles. The van der Waals surface area contributed by atoms with Gasteiger partial charge in [0.15, 0.2) is 0 Å². The third kappa shape index (κ3) is 3.00. The van der Waals surface area contributed by atoms with E-state index in [0.29, 0.717) is 0 Å². The van der Waals surface area contributed by atoms with Gasteiger partial charge in [0, 0.05) is 5.56 Å². The maximum absolute atomic E-state index is 12.0. The molecule has 1 aromatic heterocycles. The van der Waals surface area contributed by atoms with Crippen LogP contribution in [0.15, 0.2) is 23.0 Å². The summed E-state index contributed by atoms with van der Waals surface area (Å²) < 4.78 is 4.91. The SMILES string of the molecule is COc1ccc(-c2c(C(=O)O)c(N)[nH]c(=O)c2C(=O)O)c(C(=O)O)c1. The molecule has 2 rings (SSSR count). The van der Waals surface area contributed by atoms with Crippen molar-refractivity contribution in [3.05, 3.63) is 45.2 Å². The molecule has 1 aromatic carbocycles. The number of aromatic carboxylic acids is 3. The largest absolute Gasteiger partial charge is 0.497 e. The van der Waals surface area contributed by atoms with Crippen LogP contribution in [-0.2, 0) is 0 Å². The minimum atomic E-state index is -1.73. The van der Waals surface area contributed by atoms with Gasteiger partial charge in [0.25, 0.3) is 5.56 Å². The molecular weight excluding hydrogens is 336 g/mol. The van der Waals surface area contributed by atoms with Crippen molar-refractivity contribution in [2.45, 2.75) is 0 Å². The van der Waals surface area contributed by atoms with E-state index in [1.807, 2.05) is 4.98 Å². The molecule has 10 nitrogen and oxygen atoms in total. The Kier molecular flexibility index (Phi) is 4.46. The minimum Gasteiger partial charge on any atom is -0.497 e. The number of anilines is 1. The van der Waals surface area contributed by atoms with Crippen molar-refractivity contribution in [1.82, 2.24) is 4.98 Å². The van der Waals surface area contributed by atoms with Crippen LogP contribution in [0.25, 0.3) is 11.1 Å².